The van der Waals surface area contributed by atoms with Crippen molar-refractivity contribution in [3.05, 3.63) is 33.8 Å². The van der Waals surface area contributed by atoms with Gasteiger partial charge in [-0.15, -0.1) is 0 Å². The van der Waals surface area contributed by atoms with Gasteiger partial charge in [0.2, 0.25) is 0 Å². The van der Waals surface area contributed by atoms with Gasteiger partial charge in [-0.2, -0.15) is 0 Å². The van der Waals surface area contributed by atoms with Gasteiger partial charge in [0, 0.05) is 32.8 Å². The lowest BCUT2D eigenvalue weighted by atomic mass is 10.2. The van der Waals surface area contributed by atoms with Gasteiger partial charge in [0.05, 0.1) is 16.7 Å². The molecule has 1 atom stereocenters. The summed E-state index contributed by atoms with van der Waals surface area (Å²) in [4.78, 5) is 0. The molecule has 3 nitrogen and oxygen atoms in total. The minimum absolute atomic E-state index is 0.358. The molecule has 0 radical (unpaired) electrons. The molecule has 0 aliphatic heterocycles. The first-order chi connectivity index (χ1) is 8.65. The summed E-state index contributed by atoms with van der Waals surface area (Å²) in [6.07, 6.45) is 0. The van der Waals surface area contributed by atoms with E-state index in [2.05, 4.69) is 17.6 Å². The number of ether oxygens (including phenoxy) is 1. The van der Waals surface area contributed by atoms with E-state index in [1.807, 2.05) is 12.1 Å². The number of hydrogen-bond donors (Lipinski definition) is 2. The Bertz CT molecular complexity index is 361. The van der Waals surface area contributed by atoms with Crippen LogP contribution < -0.4 is 10.6 Å². The van der Waals surface area contributed by atoms with E-state index in [0.717, 1.165) is 25.3 Å². The van der Waals surface area contributed by atoms with Gasteiger partial charge >= 0.3 is 0 Å². The van der Waals surface area contributed by atoms with Gasteiger partial charge < -0.3 is 15.4 Å². The van der Waals surface area contributed by atoms with Gasteiger partial charge in [-0.05, 0) is 18.6 Å². The van der Waals surface area contributed by atoms with Crippen LogP contribution in [0.25, 0.3) is 0 Å². The zero-order chi connectivity index (χ0) is 13.4. The Morgan fingerprint density at radius 3 is 2.83 bits per heavy atom. The van der Waals surface area contributed by atoms with Crippen molar-refractivity contribution in [3.63, 3.8) is 0 Å². The molecule has 1 aromatic rings. The second-order valence-electron chi connectivity index (χ2n) is 4.19. The molecule has 0 heterocycles. The maximum Gasteiger partial charge on any atom is 0.0637 e. The highest BCUT2D eigenvalue weighted by Gasteiger charge is 2.06. The van der Waals surface area contributed by atoms with Crippen molar-refractivity contribution < 1.29 is 4.74 Å². The first-order valence-corrected chi connectivity index (χ1v) is 6.76. The first-order valence-electron chi connectivity index (χ1n) is 6.01. The fourth-order valence-corrected chi connectivity index (χ4v) is 1.92. The van der Waals surface area contributed by atoms with Crippen LogP contribution in [0.5, 0.6) is 0 Å². The number of nitrogens with one attached hydrogen (secondary N) is 2. The number of benzene rings is 1. The molecule has 0 bridgehead atoms. The van der Waals surface area contributed by atoms with E-state index in [1.165, 1.54) is 0 Å². The number of methoxy groups -OCH3 is 1. The zero-order valence-corrected chi connectivity index (χ0v) is 12.3. The van der Waals surface area contributed by atoms with Crippen LogP contribution in [-0.4, -0.2) is 32.8 Å². The van der Waals surface area contributed by atoms with Gasteiger partial charge in [-0.25, -0.2) is 0 Å². The van der Waals surface area contributed by atoms with Crippen LogP contribution in [0.3, 0.4) is 0 Å². The van der Waals surface area contributed by atoms with Crippen molar-refractivity contribution in [2.45, 2.75) is 19.5 Å². The van der Waals surface area contributed by atoms with Crippen LogP contribution in [0, 0.1) is 0 Å². The molecule has 5 heteroatoms. The minimum Gasteiger partial charge on any atom is -0.383 e. The molecule has 0 saturated carbocycles. The number of halogens is 2. The summed E-state index contributed by atoms with van der Waals surface area (Å²) in [7, 11) is 1.70. The van der Waals surface area contributed by atoms with Crippen LogP contribution in [-0.2, 0) is 11.3 Å². The van der Waals surface area contributed by atoms with E-state index >= 15 is 0 Å². The average Bonchev–Trinajstić information content (AvgIpc) is 2.36. The first kappa shape index (κ1) is 15.7. The summed E-state index contributed by atoms with van der Waals surface area (Å²) in [5.74, 6) is 0. The van der Waals surface area contributed by atoms with E-state index in [0.29, 0.717) is 22.6 Å². The topological polar surface area (TPSA) is 33.3 Å². The van der Waals surface area contributed by atoms with Gasteiger partial charge in [0.25, 0.3) is 0 Å². The highest BCUT2D eigenvalue weighted by atomic mass is 35.5. The molecule has 0 saturated heterocycles. The number of rotatable bonds is 8. The molecule has 1 rings (SSSR count). The second kappa shape index (κ2) is 8.73. The molecule has 0 spiro atoms. The Kier molecular flexibility index (Phi) is 7.63. The molecule has 102 valence electrons. The largest absolute Gasteiger partial charge is 0.383 e. The van der Waals surface area contributed by atoms with Crippen molar-refractivity contribution in [1.82, 2.24) is 10.6 Å². The zero-order valence-electron chi connectivity index (χ0n) is 10.8. The smallest absolute Gasteiger partial charge is 0.0637 e. The van der Waals surface area contributed by atoms with Crippen LogP contribution in [0.15, 0.2) is 18.2 Å². The van der Waals surface area contributed by atoms with Gasteiger partial charge in [-0.3, -0.25) is 0 Å². The molecule has 2 N–H and O–H groups in total. The van der Waals surface area contributed by atoms with Gasteiger partial charge in [0.15, 0.2) is 0 Å². The molecular weight excluding hydrogens is 271 g/mol. The predicted octanol–water partition coefficient (Wildman–Crippen LogP) is 2.71. The Morgan fingerprint density at radius 2 is 2.11 bits per heavy atom. The summed E-state index contributed by atoms with van der Waals surface area (Å²) in [6.45, 7) is 5.32. The molecule has 18 heavy (non-hydrogen) atoms. The van der Waals surface area contributed by atoms with Crippen LogP contribution in [0.2, 0.25) is 10.0 Å². The van der Waals surface area contributed by atoms with Gasteiger partial charge in [-0.1, -0.05) is 35.3 Å². The van der Waals surface area contributed by atoms with E-state index in [9.17, 15) is 0 Å². The molecule has 0 aromatic heterocycles. The summed E-state index contributed by atoms with van der Waals surface area (Å²) in [5, 5.41) is 7.93. The van der Waals surface area contributed by atoms with E-state index in [-0.39, 0.29) is 0 Å². The van der Waals surface area contributed by atoms with Crippen LogP contribution in [0.1, 0.15) is 12.5 Å². The standard InChI is InChI=1S/C13H20Cl2N2O/c1-10(8-16-6-7-18-2)17-9-11-4-3-5-12(14)13(11)15/h3-5,10,16-17H,6-9H2,1-2H3. The molecule has 0 amide bonds. The lowest BCUT2D eigenvalue weighted by Gasteiger charge is -2.15. The molecular formula is C13H20Cl2N2O. The molecule has 0 aliphatic rings. The fourth-order valence-electron chi connectivity index (χ4n) is 1.53. The van der Waals surface area contributed by atoms with Crippen molar-refractivity contribution in [3.8, 4) is 0 Å². The molecule has 0 fully saturated rings. The molecule has 1 unspecified atom stereocenters. The Balaban J connectivity index is 2.29. The summed E-state index contributed by atoms with van der Waals surface area (Å²) < 4.78 is 4.97. The van der Waals surface area contributed by atoms with Crippen LogP contribution >= 0.6 is 23.2 Å². The maximum absolute atomic E-state index is 6.12. The van der Waals surface area contributed by atoms with Crippen LogP contribution in [0.4, 0.5) is 0 Å². The van der Waals surface area contributed by atoms with Crippen molar-refractivity contribution in [2.75, 3.05) is 26.8 Å². The van der Waals surface area contributed by atoms with Crippen molar-refractivity contribution in [1.29, 1.82) is 0 Å². The lowest BCUT2D eigenvalue weighted by Crippen LogP contribution is -2.37. The summed E-state index contributed by atoms with van der Waals surface area (Å²) in [5.41, 5.74) is 1.02. The van der Waals surface area contributed by atoms with Crippen molar-refractivity contribution >= 4 is 23.2 Å². The highest BCUT2D eigenvalue weighted by Crippen LogP contribution is 2.25. The Morgan fingerprint density at radius 1 is 1.33 bits per heavy atom. The van der Waals surface area contributed by atoms with E-state index < -0.39 is 0 Å². The molecule has 1 aromatic carbocycles. The maximum atomic E-state index is 6.12. The van der Waals surface area contributed by atoms with Crippen molar-refractivity contribution in [2.24, 2.45) is 0 Å². The average molecular weight is 291 g/mol. The summed E-state index contributed by atoms with van der Waals surface area (Å²) in [6, 6.07) is 6.04. The third-order valence-corrected chi connectivity index (χ3v) is 3.46. The Hall–Kier alpha value is -0.320. The third kappa shape index (κ3) is 5.55. The highest BCUT2D eigenvalue weighted by molar-refractivity contribution is 6.42. The van der Waals surface area contributed by atoms with E-state index in [1.54, 1.807) is 13.2 Å². The normalized spacial score (nSPS) is 12.7. The quantitative estimate of drug-likeness (QED) is 0.723. The van der Waals surface area contributed by atoms with Gasteiger partial charge in [0.1, 0.15) is 0 Å². The monoisotopic (exact) mass is 290 g/mol. The fraction of sp³-hybridized carbons (Fsp3) is 0.538. The Labute approximate surface area is 119 Å². The minimum atomic E-state index is 0.358. The summed E-state index contributed by atoms with van der Waals surface area (Å²) >= 11 is 12.1. The lowest BCUT2D eigenvalue weighted by molar-refractivity contribution is 0.198. The van der Waals surface area contributed by atoms with E-state index in [4.69, 9.17) is 27.9 Å². The molecule has 0 aliphatic carbocycles. The number of hydrogen-bond acceptors (Lipinski definition) is 3. The predicted molar refractivity (Wildman–Crippen MR) is 77.5 cm³/mol. The second-order valence-corrected chi connectivity index (χ2v) is 4.98. The SMILES string of the molecule is COCCNCC(C)NCc1cccc(Cl)c1Cl. The third-order valence-electron chi connectivity index (χ3n) is 2.61.